The van der Waals surface area contributed by atoms with E-state index in [0.29, 0.717) is 22.6 Å². The highest BCUT2D eigenvalue weighted by molar-refractivity contribution is 6.05. The number of hydrogen-bond donors (Lipinski definition) is 2. The molecule has 4 rings (SSSR count). The summed E-state index contributed by atoms with van der Waals surface area (Å²) in [5, 5.41) is 0.254. The fraction of sp³-hybridized carbons (Fsp3) is 0.115. The Labute approximate surface area is 194 Å². The molecule has 0 aliphatic rings. The highest BCUT2D eigenvalue weighted by Crippen LogP contribution is 2.27. The van der Waals surface area contributed by atoms with Gasteiger partial charge < -0.3 is 9.15 Å². The van der Waals surface area contributed by atoms with E-state index < -0.39 is 23.7 Å². The number of ether oxygens (including phenoxy) is 1. The first kappa shape index (κ1) is 22.7. The zero-order valence-electron chi connectivity index (χ0n) is 18.4. The molecule has 2 amide bonds. The number of hydrogen-bond acceptors (Lipinski definition) is 5. The molecule has 3 aromatic carbocycles. The monoisotopic (exact) mass is 460 g/mol. The fourth-order valence-corrected chi connectivity index (χ4v) is 3.41. The minimum atomic E-state index is -0.969. The topological polar surface area (TPSA) is 97.6 Å². The lowest BCUT2D eigenvalue weighted by molar-refractivity contribution is -0.128. The van der Waals surface area contributed by atoms with Crippen LogP contribution in [0.4, 0.5) is 4.39 Å². The van der Waals surface area contributed by atoms with Gasteiger partial charge in [-0.2, -0.15) is 0 Å². The molecule has 0 bridgehead atoms. The van der Waals surface area contributed by atoms with E-state index in [1.807, 2.05) is 30.3 Å². The van der Waals surface area contributed by atoms with Crippen molar-refractivity contribution in [2.45, 2.75) is 20.0 Å². The lowest BCUT2D eigenvalue weighted by Gasteiger charge is -2.15. The average Bonchev–Trinajstić information content (AvgIpc) is 2.86. The average molecular weight is 460 g/mol. The van der Waals surface area contributed by atoms with Crippen LogP contribution in [0.2, 0.25) is 0 Å². The fourth-order valence-electron chi connectivity index (χ4n) is 3.41. The summed E-state index contributed by atoms with van der Waals surface area (Å²) < 4.78 is 24.5. The van der Waals surface area contributed by atoms with E-state index in [-0.39, 0.29) is 22.0 Å². The third-order valence-corrected chi connectivity index (χ3v) is 5.22. The van der Waals surface area contributed by atoms with Gasteiger partial charge in [0.1, 0.15) is 17.3 Å². The second-order valence-electron chi connectivity index (χ2n) is 7.59. The highest BCUT2D eigenvalue weighted by Gasteiger charge is 2.20. The Hall–Kier alpha value is -4.46. The number of rotatable bonds is 5. The Bertz CT molecular complexity index is 1420. The van der Waals surface area contributed by atoms with E-state index in [2.05, 4.69) is 10.9 Å². The number of hydrazine groups is 1. The molecule has 0 radical (unpaired) electrons. The van der Waals surface area contributed by atoms with Crippen molar-refractivity contribution in [3.8, 4) is 17.1 Å². The first-order chi connectivity index (χ1) is 16.3. The van der Waals surface area contributed by atoms with Crippen molar-refractivity contribution in [3.05, 3.63) is 100.0 Å². The van der Waals surface area contributed by atoms with Gasteiger partial charge in [-0.15, -0.1) is 0 Å². The van der Waals surface area contributed by atoms with Crippen LogP contribution in [0, 0.1) is 12.7 Å². The molecule has 1 aromatic heterocycles. The Balaban J connectivity index is 1.55. The Kier molecular flexibility index (Phi) is 6.40. The van der Waals surface area contributed by atoms with Crippen LogP contribution in [0.15, 0.2) is 82.0 Å². The molecule has 0 aliphatic carbocycles. The zero-order valence-corrected chi connectivity index (χ0v) is 18.4. The quantitative estimate of drug-likeness (QED) is 0.437. The molecular weight excluding hydrogens is 439 g/mol. The zero-order chi connectivity index (χ0) is 24.2. The van der Waals surface area contributed by atoms with Gasteiger partial charge in [0.05, 0.1) is 10.9 Å². The van der Waals surface area contributed by atoms with E-state index in [1.165, 1.54) is 37.3 Å². The number of halogens is 1. The molecule has 0 saturated carbocycles. The minimum absolute atomic E-state index is 0.0826. The number of fused-ring (bicyclic) bond motifs is 1. The summed E-state index contributed by atoms with van der Waals surface area (Å²) in [6.45, 7) is 3.15. The summed E-state index contributed by atoms with van der Waals surface area (Å²) in [5.41, 5.74) is 5.68. The van der Waals surface area contributed by atoms with Crippen LogP contribution in [0.1, 0.15) is 22.8 Å². The first-order valence-corrected chi connectivity index (χ1v) is 10.5. The molecule has 1 atom stereocenters. The van der Waals surface area contributed by atoms with Crippen LogP contribution in [0.25, 0.3) is 22.3 Å². The predicted octanol–water partition coefficient (Wildman–Crippen LogP) is 4.14. The van der Waals surface area contributed by atoms with E-state index >= 15 is 0 Å². The van der Waals surface area contributed by atoms with Crippen LogP contribution in [0.5, 0.6) is 5.75 Å². The van der Waals surface area contributed by atoms with Crippen LogP contribution in [-0.2, 0) is 4.79 Å². The van der Waals surface area contributed by atoms with Gasteiger partial charge in [0.15, 0.2) is 17.1 Å². The van der Waals surface area contributed by atoms with Crippen molar-refractivity contribution >= 4 is 22.8 Å². The van der Waals surface area contributed by atoms with Crippen molar-refractivity contribution in [1.29, 1.82) is 0 Å². The highest BCUT2D eigenvalue weighted by atomic mass is 19.1. The lowest BCUT2D eigenvalue weighted by Crippen LogP contribution is -2.47. The number of para-hydroxylation sites is 1. The minimum Gasteiger partial charge on any atom is -0.481 e. The maximum absolute atomic E-state index is 13.0. The molecule has 2 N–H and O–H groups in total. The van der Waals surface area contributed by atoms with Crippen molar-refractivity contribution < 1.29 is 23.1 Å². The van der Waals surface area contributed by atoms with Gasteiger partial charge in [-0.05, 0) is 50.2 Å². The molecular formula is C26H21FN2O5. The van der Waals surface area contributed by atoms with Gasteiger partial charge in [-0.3, -0.25) is 25.2 Å². The van der Waals surface area contributed by atoms with E-state index in [1.54, 1.807) is 19.1 Å². The maximum atomic E-state index is 13.0. The molecule has 4 aromatic rings. The third-order valence-electron chi connectivity index (χ3n) is 5.22. The van der Waals surface area contributed by atoms with E-state index in [0.717, 1.165) is 0 Å². The van der Waals surface area contributed by atoms with Gasteiger partial charge in [0, 0.05) is 11.1 Å². The van der Waals surface area contributed by atoms with Crippen LogP contribution >= 0.6 is 0 Å². The summed E-state index contributed by atoms with van der Waals surface area (Å²) in [5.74, 6) is -1.05. The molecule has 7 nitrogen and oxygen atoms in total. The third kappa shape index (κ3) is 4.66. The molecule has 172 valence electrons. The van der Waals surface area contributed by atoms with Gasteiger partial charge in [0.2, 0.25) is 0 Å². The smallest absolute Gasteiger partial charge is 0.279 e. The Morgan fingerprint density at radius 3 is 2.35 bits per heavy atom. The van der Waals surface area contributed by atoms with Crippen molar-refractivity contribution in [1.82, 2.24) is 10.9 Å². The van der Waals surface area contributed by atoms with Gasteiger partial charge in [0.25, 0.3) is 11.8 Å². The van der Waals surface area contributed by atoms with Crippen molar-refractivity contribution in [2.75, 3.05) is 0 Å². The largest absolute Gasteiger partial charge is 0.481 e. The van der Waals surface area contributed by atoms with Crippen LogP contribution in [-0.4, -0.2) is 17.9 Å². The second kappa shape index (κ2) is 9.58. The number of carbonyl (C=O) groups is 2. The number of amides is 2. The normalized spacial score (nSPS) is 11.6. The van der Waals surface area contributed by atoms with Gasteiger partial charge in [-0.25, -0.2) is 4.39 Å². The molecule has 0 aliphatic heterocycles. The molecule has 8 heteroatoms. The molecule has 0 fully saturated rings. The van der Waals surface area contributed by atoms with Gasteiger partial charge >= 0.3 is 0 Å². The summed E-state index contributed by atoms with van der Waals surface area (Å²) in [6, 6.07) is 19.0. The SMILES string of the molecule is Cc1c(-c2ccccc2)oc2c(C(=O)NNC(=O)C(C)Oc3ccc(F)cc3)cccc2c1=O. The molecule has 0 saturated heterocycles. The van der Waals surface area contributed by atoms with E-state index in [4.69, 9.17) is 9.15 Å². The number of carbonyl (C=O) groups excluding carboxylic acids is 2. The Morgan fingerprint density at radius 2 is 1.65 bits per heavy atom. The number of nitrogens with one attached hydrogen (secondary N) is 2. The summed E-state index contributed by atoms with van der Waals surface area (Å²) in [4.78, 5) is 38.2. The summed E-state index contributed by atoms with van der Waals surface area (Å²) >= 11 is 0. The molecule has 1 unspecified atom stereocenters. The standard InChI is InChI=1S/C26H21FN2O5/c1-15-22(30)20-9-6-10-21(24(20)34-23(15)17-7-4-3-5-8-17)26(32)29-28-25(31)16(2)33-19-13-11-18(27)12-14-19/h3-14,16H,1-2H3,(H,28,31)(H,29,32). The van der Waals surface area contributed by atoms with Crippen molar-refractivity contribution in [3.63, 3.8) is 0 Å². The first-order valence-electron chi connectivity index (χ1n) is 10.5. The molecule has 34 heavy (non-hydrogen) atoms. The molecule has 0 spiro atoms. The van der Waals surface area contributed by atoms with Crippen LogP contribution < -0.4 is 21.0 Å². The lowest BCUT2D eigenvalue weighted by atomic mass is 10.0. The van der Waals surface area contributed by atoms with Crippen LogP contribution in [0.3, 0.4) is 0 Å². The van der Waals surface area contributed by atoms with E-state index in [9.17, 15) is 18.8 Å². The Morgan fingerprint density at radius 1 is 0.941 bits per heavy atom. The second-order valence-corrected chi connectivity index (χ2v) is 7.59. The number of benzene rings is 3. The summed E-state index contributed by atoms with van der Waals surface area (Å²) in [7, 11) is 0. The van der Waals surface area contributed by atoms with Gasteiger partial charge in [-0.1, -0.05) is 36.4 Å². The maximum Gasteiger partial charge on any atom is 0.279 e. The molecule has 1 heterocycles. The summed E-state index contributed by atoms with van der Waals surface area (Å²) in [6.07, 6.45) is -0.969. The van der Waals surface area contributed by atoms with Crippen molar-refractivity contribution in [2.24, 2.45) is 0 Å². The predicted molar refractivity (Wildman–Crippen MR) is 125 cm³/mol.